The molecule has 1 heterocycles. The lowest BCUT2D eigenvalue weighted by Crippen LogP contribution is -2.29. The molecule has 1 aromatic heterocycles. The number of ether oxygens (including phenoxy) is 1. The van der Waals surface area contributed by atoms with Crippen molar-refractivity contribution in [2.45, 2.75) is 32.5 Å². The summed E-state index contributed by atoms with van der Waals surface area (Å²) >= 11 is 0. The van der Waals surface area contributed by atoms with Crippen molar-refractivity contribution in [3.05, 3.63) is 42.5 Å². The van der Waals surface area contributed by atoms with E-state index < -0.39 is 0 Å². The van der Waals surface area contributed by atoms with Gasteiger partial charge in [0.1, 0.15) is 12.7 Å². The first-order chi connectivity index (χ1) is 9.19. The van der Waals surface area contributed by atoms with E-state index >= 15 is 0 Å². The van der Waals surface area contributed by atoms with Gasteiger partial charge in [-0.1, -0.05) is 12.1 Å². The Morgan fingerprint density at radius 3 is 2.58 bits per heavy atom. The van der Waals surface area contributed by atoms with Gasteiger partial charge in [-0.05, 0) is 31.5 Å². The highest BCUT2D eigenvalue weighted by Gasteiger charge is 2.10. The van der Waals surface area contributed by atoms with Crippen LogP contribution in [0.1, 0.15) is 19.4 Å². The maximum absolute atomic E-state index is 5.30. The van der Waals surface area contributed by atoms with Crippen molar-refractivity contribution in [2.75, 3.05) is 12.4 Å². The molecule has 2 aromatic rings. The molecule has 19 heavy (non-hydrogen) atoms. The van der Waals surface area contributed by atoms with E-state index in [-0.39, 0.29) is 12.1 Å². The summed E-state index contributed by atoms with van der Waals surface area (Å²) < 4.78 is 7.10. The zero-order valence-electron chi connectivity index (χ0n) is 11.6. The molecule has 102 valence electrons. The summed E-state index contributed by atoms with van der Waals surface area (Å²) in [6, 6.07) is 8.60. The standard InChI is InChI=1S/C14H20N4O/c1-11(12(2)19-3)17-14-6-4-13(5-7-14)8-18-10-15-9-16-18/h4-7,9-12,17H,8H2,1-3H3. The molecule has 0 radical (unpaired) electrons. The fourth-order valence-corrected chi connectivity index (χ4v) is 1.79. The number of nitrogens with one attached hydrogen (secondary N) is 1. The number of hydrogen-bond acceptors (Lipinski definition) is 4. The van der Waals surface area contributed by atoms with Gasteiger partial charge in [-0.2, -0.15) is 5.10 Å². The van der Waals surface area contributed by atoms with Gasteiger partial charge in [-0.3, -0.25) is 0 Å². The molecule has 0 saturated carbocycles. The van der Waals surface area contributed by atoms with Crippen LogP contribution < -0.4 is 5.32 Å². The van der Waals surface area contributed by atoms with E-state index in [4.69, 9.17) is 4.74 Å². The van der Waals surface area contributed by atoms with Gasteiger partial charge in [0.15, 0.2) is 0 Å². The quantitative estimate of drug-likeness (QED) is 0.864. The van der Waals surface area contributed by atoms with Crippen LogP contribution in [0.15, 0.2) is 36.9 Å². The van der Waals surface area contributed by atoms with Crippen LogP contribution in [-0.2, 0) is 11.3 Å². The van der Waals surface area contributed by atoms with Gasteiger partial charge in [0.25, 0.3) is 0 Å². The van der Waals surface area contributed by atoms with Crippen LogP contribution >= 0.6 is 0 Å². The van der Waals surface area contributed by atoms with Gasteiger partial charge in [0.05, 0.1) is 12.6 Å². The monoisotopic (exact) mass is 260 g/mol. The minimum Gasteiger partial charge on any atom is -0.380 e. The van der Waals surface area contributed by atoms with Crippen LogP contribution in [0.5, 0.6) is 0 Å². The molecule has 0 aliphatic carbocycles. The maximum atomic E-state index is 5.30. The van der Waals surface area contributed by atoms with Gasteiger partial charge < -0.3 is 10.1 Å². The fourth-order valence-electron chi connectivity index (χ4n) is 1.79. The second-order valence-corrected chi connectivity index (χ2v) is 4.66. The Balaban J connectivity index is 1.94. The van der Waals surface area contributed by atoms with E-state index in [0.717, 1.165) is 12.2 Å². The van der Waals surface area contributed by atoms with Crippen molar-refractivity contribution in [3.63, 3.8) is 0 Å². The third-order valence-electron chi connectivity index (χ3n) is 3.24. The van der Waals surface area contributed by atoms with Gasteiger partial charge in [0.2, 0.25) is 0 Å². The summed E-state index contributed by atoms with van der Waals surface area (Å²) in [4.78, 5) is 3.93. The van der Waals surface area contributed by atoms with Crippen molar-refractivity contribution in [3.8, 4) is 0 Å². The second kappa shape index (κ2) is 6.33. The predicted octanol–water partition coefficient (Wildman–Crippen LogP) is 2.16. The fraction of sp³-hybridized carbons (Fsp3) is 0.429. The number of nitrogens with zero attached hydrogens (tertiary/aromatic N) is 3. The van der Waals surface area contributed by atoms with Crippen molar-refractivity contribution >= 4 is 5.69 Å². The predicted molar refractivity (Wildman–Crippen MR) is 75.1 cm³/mol. The Kier molecular flexibility index (Phi) is 4.52. The average molecular weight is 260 g/mol. The summed E-state index contributed by atoms with van der Waals surface area (Å²) in [6.45, 7) is 4.90. The minimum absolute atomic E-state index is 0.176. The van der Waals surface area contributed by atoms with Crippen LogP contribution in [-0.4, -0.2) is 34.0 Å². The molecule has 5 nitrogen and oxygen atoms in total. The smallest absolute Gasteiger partial charge is 0.137 e. The van der Waals surface area contributed by atoms with E-state index in [9.17, 15) is 0 Å². The topological polar surface area (TPSA) is 52.0 Å². The van der Waals surface area contributed by atoms with E-state index in [1.807, 2.05) is 0 Å². The summed E-state index contributed by atoms with van der Waals surface area (Å²) in [5, 5.41) is 7.51. The van der Waals surface area contributed by atoms with Crippen LogP contribution in [0, 0.1) is 0 Å². The lowest BCUT2D eigenvalue weighted by Gasteiger charge is -2.21. The Morgan fingerprint density at radius 1 is 1.26 bits per heavy atom. The normalized spacial score (nSPS) is 14.1. The van der Waals surface area contributed by atoms with Crippen molar-refractivity contribution in [2.24, 2.45) is 0 Å². The summed E-state index contributed by atoms with van der Waals surface area (Å²) in [7, 11) is 1.73. The van der Waals surface area contributed by atoms with Gasteiger partial charge in [-0.15, -0.1) is 0 Å². The molecule has 0 fully saturated rings. The number of benzene rings is 1. The number of methoxy groups -OCH3 is 1. The van der Waals surface area contributed by atoms with E-state index in [0.29, 0.717) is 0 Å². The molecule has 5 heteroatoms. The first-order valence-electron chi connectivity index (χ1n) is 6.39. The molecule has 1 aromatic carbocycles. The molecular weight excluding hydrogens is 240 g/mol. The molecule has 2 rings (SSSR count). The maximum Gasteiger partial charge on any atom is 0.137 e. The Hall–Kier alpha value is -1.88. The molecular formula is C14H20N4O. The summed E-state index contributed by atoms with van der Waals surface area (Å²) in [5.74, 6) is 0. The molecule has 0 spiro atoms. The minimum atomic E-state index is 0.176. The molecule has 0 saturated heterocycles. The summed E-state index contributed by atoms with van der Waals surface area (Å²) in [6.07, 6.45) is 3.44. The Bertz CT molecular complexity index is 481. The van der Waals surface area contributed by atoms with Crippen LogP contribution in [0.2, 0.25) is 0 Å². The molecule has 0 bridgehead atoms. The van der Waals surface area contributed by atoms with Crippen molar-refractivity contribution in [1.82, 2.24) is 14.8 Å². The number of aromatic nitrogens is 3. The highest BCUT2D eigenvalue weighted by molar-refractivity contribution is 5.45. The van der Waals surface area contributed by atoms with Crippen LogP contribution in [0.25, 0.3) is 0 Å². The SMILES string of the molecule is COC(C)C(C)Nc1ccc(Cn2cncn2)cc1. The molecule has 2 atom stereocenters. The second-order valence-electron chi connectivity index (χ2n) is 4.66. The van der Waals surface area contributed by atoms with Gasteiger partial charge in [-0.25, -0.2) is 9.67 Å². The van der Waals surface area contributed by atoms with E-state index in [1.165, 1.54) is 5.56 Å². The van der Waals surface area contributed by atoms with Gasteiger partial charge in [0, 0.05) is 18.8 Å². The zero-order valence-corrected chi connectivity index (χ0v) is 11.6. The first kappa shape index (κ1) is 13.5. The molecule has 0 aliphatic heterocycles. The van der Waals surface area contributed by atoms with Crippen LogP contribution in [0.3, 0.4) is 0 Å². The number of anilines is 1. The lowest BCUT2D eigenvalue weighted by molar-refractivity contribution is 0.106. The van der Waals surface area contributed by atoms with Crippen molar-refractivity contribution < 1.29 is 4.74 Å². The highest BCUT2D eigenvalue weighted by Crippen LogP contribution is 2.13. The Labute approximate surface area is 113 Å². The number of rotatable bonds is 6. The van der Waals surface area contributed by atoms with E-state index in [2.05, 4.69) is 53.5 Å². The lowest BCUT2D eigenvalue weighted by atomic mass is 10.1. The highest BCUT2D eigenvalue weighted by atomic mass is 16.5. The molecule has 0 amide bonds. The van der Waals surface area contributed by atoms with E-state index in [1.54, 1.807) is 24.4 Å². The Morgan fingerprint density at radius 2 is 2.00 bits per heavy atom. The molecule has 2 unspecified atom stereocenters. The average Bonchev–Trinajstić information content (AvgIpc) is 2.93. The van der Waals surface area contributed by atoms with Crippen molar-refractivity contribution in [1.29, 1.82) is 0 Å². The van der Waals surface area contributed by atoms with Crippen LogP contribution in [0.4, 0.5) is 5.69 Å². The number of hydrogen-bond donors (Lipinski definition) is 1. The summed E-state index contributed by atoms with van der Waals surface area (Å²) in [5.41, 5.74) is 2.29. The zero-order chi connectivity index (χ0) is 13.7. The molecule has 0 aliphatic rings. The first-order valence-corrected chi connectivity index (χ1v) is 6.39. The molecule has 1 N–H and O–H groups in total. The third kappa shape index (κ3) is 3.79. The van der Waals surface area contributed by atoms with Gasteiger partial charge >= 0.3 is 0 Å². The largest absolute Gasteiger partial charge is 0.380 e. The third-order valence-corrected chi connectivity index (χ3v) is 3.24.